The molecule has 1 N–H and O–H groups in total. The van der Waals surface area contributed by atoms with E-state index in [9.17, 15) is 0 Å². The van der Waals surface area contributed by atoms with Gasteiger partial charge in [-0.25, -0.2) is 4.98 Å². The van der Waals surface area contributed by atoms with E-state index in [4.69, 9.17) is 0 Å². The van der Waals surface area contributed by atoms with Crippen LogP contribution in [0.15, 0.2) is 36.8 Å². The summed E-state index contributed by atoms with van der Waals surface area (Å²) in [6, 6.07) is 5.97. The largest absolute Gasteiger partial charge is 0.328 e. The van der Waals surface area contributed by atoms with Crippen molar-refractivity contribution in [1.82, 2.24) is 19.9 Å². The number of hydrogen-bond acceptors (Lipinski definition) is 3. The van der Waals surface area contributed by atoms with Crippen molar-refractivity contribution in [2.75, 3.05) is 0 Å². The first-order valence-electron chi connectivity index (χ1n) is 6.19. The number of pyridine rings is 1. The Kier molecular flexibility index (Phi) is 3.77. The average Bonchev–Trinajstić information content (AvgIpc) is 2.74. The maximum atomic E-state index is 4.39. The predicted molar refractivity (Wildman–Crippen MR) is 72.2 cm³/mol. The van der Waals surface area contributed by atoms with Crippen molar-refractivity contribution < 1.29 is 0 Å². The molecule has 18 heavy (non-hydrogen) atoms. The highest BCUT2D eigenvalue weighted by Gasteiger charge is 2.11. The van der Waals surface area contributed by atoms with Crippen molar-refractivity contribution in [3.63, 3.8) is 0 Å². The Morgan fingerprint density at radius 3 is 2.67 bits per heavy atom. The van der Waals surface area contributed by atoms with Crippen LogP contribution in [0, 0.1) is 0 Å². The van der Waals surface area contributed by atoms with Gasteiger partial charge in [0.2, 0.25) is 0 Å². The van der Waals surface area contributed by atoms with Crippen LogP contribution in [0.4, 0.5) is 0 Å². The van der Waals surface area contributed by atoms with Gasteiger partial charge in [-0.3, -0.25) is 4.98 Å². The van der Waals surface area contributed by atoms with Crippen LogP contribution in [-0.4, -0.2) is 20.1 Å². The molecule has 2 aromatic rings. The molecular formula is C14H20N4. The summed E-state index contributed by atoms with van der Waals surface area (Å²) in [6.07, 6.45) is 5.65. The molecule has 0 saturated carbocycles. The fourth-order valence-electron chi connectivity index (χ4n) is 1.66. The smallest absolute Gasteiger partial charge is 0.123 e. The highest BCUT2D eigenvalue weighted by molar-refractivity contribution is 5.06. The van der Waals surface area contributed by atoms with E-state index in [-0.39, 0.29) is 5.54 Å². The van der Waals surface area contributed by atoms with E-state index in [0.717, 1.165) is 24.6 Å². The molecule has 0 amide bonds. The lowest BCUT2D eigenvalue weighted by atomic mass is 10.1. The molecule has 0 radical (unpaired) electrons. The van der Waals surface area contributed by atoms with Gasteiger partial charge in [0.25, 0.3) is 0 Å². The third-order valence-corrected chi connectivity index (χ3v) is 2.64. The van der Waals surface area contributed by atoms with Crippen molar-refractivity contribution in [3.8, 4) is 0 Å². The molecule has 0 fully saturated rings. The fraction of sp³-hybridized carbons (Fsp3) is 0.429. The Morgan fingerprint density at radius 2 is 2.00 bits per heavy atom. The van der Waals surface area contributed by atoms with Crippen molar-refractivity contribution in [3.05, 3.63) is 48.3 Å². The van der Waals surface area contributed by atoms with Crippen LogP contribution in [-0.2, 0) is 13.1 Å². The minimum absolute atomic E-state index is 0.0990. The number of aromatic nitrogens is 3. The molecule has 2 aromatic heterocycles. The minimum atomic E-state index is 0.0990. The van der Waals surface area contributed by atoms with Gasteiger partial charge in [0, 0.05) is 24.1 Å². The summed E-state index contributed by atoms with van der Waals surface area (Å²) in [5.74, 6) is 1.04. The van der Waals surface area contributed by atoms with Crippen molar-refractivity contribution in [1.29, 1.82) is 0 Å². The Bertz CT molecular complexity index is 482. The van der Waals surface area contributed by atoms with E-state index in [1.165, 1.54) is 0 Å². The van der Waals surface area contributed by atoms with Crippen LogP contribution in [0.2, 0.25) is 0 Å². The highest BCUT2D eigenvalue weighted by Crippen LogP contribution is 2.05. The summed E-state index contributed by atoms with van der Waals surface area (Å²) >= 11 is 0. The minimum Gasteiger partial charge on any atom is -0.328 e. The number of imidazole rings is 1. The summed E-state index contributed by atoms with van der Waals surface area (Å²) in [7, 11) is 0. The molecule has 0 bridgehead atoms. The molecule has 0 spiro atoms. The summed E-state index contributed by atoms with van der Waals surface area (Å²) in [5, 5.41) is 3.45. The zero-order valence-corrected chi connectivity index (χ0v) is 11.2. The second-order valence-electron chi connectivity index (χ2n) is 5.40. The molecule has 0 aromatic carbocycles. The molecule has 0 unspecified atom stereocenters. The van der Waals surface area contributed by atoms with Gasteiger partial charge >= 0.3 is 0 Å². The lowest BCUT2D eigenvalue weighted by molar-refractivity contribution is 0.413. The van der Waals surface area contributed by atoms with Gasteiger partial charge in [-0.05, 0) is 32.9 Å². The van der Waals surface area contributed by atoms with E-state index in [2.05, 4.69) is 40.6 Å². The molecule has 0 aliphatic heterocycles. The monoisotopic (exact) mass is 244 g/mol. The van der Waals surface area contributed by atoms with E-state index in [1.807, 2.05) is 36.8 Å². The van der Waals surface area contributed by atoms with E-state index >= 15 is 0 Å². The molecule has 0 atom stereocenters. The Balaban J connectivity index is 2.04. The van der Waals surface area contributed by atoms with Gasteiger partial charge < -0.3 is 9.88 Å². The lowest BCUT2D eigenvalue weighted by Crippen LogP contribution is -2.36. The Hall–Kier alpha value is -1.68. The summed E-state index contributed by atoms with van der Waals surface area (Å²) in [5.41, 5.74) is 1.15. The number of nitrogens with one attached hydrogen (secondary N) is 1. The topological polar surface area (TPSA) is 42.7 Å². The third kappa shape index (κ3) is 3.67. The summed E-state index contributed by atoms with van der Waals surface area (Å²) < 4.78 is 2.13. The first-order chi connectivity index (χ1) is 8.54. The molecule has 2 rings (SSSR count). The van der Waals surface area contributed by atoms with E-state index in [1.54, 1.807) is 0 Å². The van der Waals surface area contributed by atoms with Gasteiger partial charge in [-0.1, -0.05) is 6.07 Å². The SMILES string of the molecule is CC(C)(C)NCc1nccn1Cc1ccccn1. The molecule has 4 nitrogen and oxygen atoms in total. The predicted octanol–water partition coefficient (Wildman–Crippen LogP) is 2.21. The Labute approximate surface area is 108 Å². The van der Waals surface area contributed by atoms with Gasteiger partial charge in [-0.2, -0.15) is 0 Å². The van der Waals surface area contributed by atoms with Gasteiger partial charge in [0.15, 0.2) is 0 Å². The second-order valence-corrected chi connectivity index (χ2v) is 5.40. The van der Waals surface area contributed by atoms with Gasteiger partial charge in [0.1, 0.15) is 5.82 Å². The van der Waals surface area contributed by atoms with Crippen LogP contribution in [0.5, 0.6) is 0 Å². The van der Waals surface area contributed by atoms with Crippen molar-refractivity contribution >= 4 is 0 Å². The van der Waals surface area contributed by atoms with Gasteiger partial charge in [0.05, 0.1) is 18.8 Å². The molecule has 4 heteroatoms. The molecule has 0 aliphatic carbocycles. The quantitative estimate of drug-likeness (QED) is 0.896. The summed E-state index contributed by atoms with van der Waals surface area (Å²) in [6.45, 7) is 7.99. The molecule has 0 aliphatic rings. The van der Waals surface area contributed by atoms with Crippen LogP contribution >= 0.6 is 0 Å². The number of nitrogens with zero attached hydrogens (tertiary/aromatic N) is 3. The second kappa shape index (κ2) is 5.31. The summed E-state index contributed by atoms with van der Waals surface area (Å²) in [4.78, 5) is 8.72. The maximum Gasteiger partial charge on any atom is 0.123 e. The lowest BCUT2D eigenvalue weighted by Gasteiger charge is -2.20. The van der Waals surface area contributed by atoms with Crippen molar-refractivity contribution in [2.24, 2.45) is 0 Å². The van der Waals surface area contributed by atoms with E-state index in [0.29, 0.717) is 0 Å². The standard InChI is InChI=1S/C14H20N4/c1-14(2,3)17-10-13-16-8-9-18(13)11-12-6-4-5-7-15-12/h4-9,17H,10-11H2,1-3H3. The molecule has 0 saturated heterocycles. The van der Waals surface area contributed by atoms with Crippen LogP contribution in [0.3, 0.4) is 0 Å². The maximum absolute atomic E-state index is 4.39. The highest BCUT2D eigenvalue weighted by atomic mass is 15.1. The first kappa shape index (κ1) is 12.8. The van der Waals surface area contributed by atoms with E-state index < -0.39 is 0 Å². The van der Waals surface area contributed by atoms with Gasteiger partial charge in [-0.15, -0.1) is 0 Å². The number of hydrogen-bond donors (Lipinski definition) is 1. The molecular weight excluding hydrogens is 224 g/mol. The molecule has 2 heterocycles. The van der Waals surface area contributed by atoms with Crippen molar-refractivity contribution in [2.45, 2.75) is 39.4 Å². The molecule has 96 valence electrons. The third-order valence-electron chi connectivity index (χ3n) is 2.64. The van der Waals surface area contributed by atoms with Crippen LogP contribution in [0.25, 0.3) is 0 Å². The fourth-order valence-corrected chi connectivity index (χ4v) is 1.66. The Morgan fingerprint density at radius 1 is 1.17 bits per heavy atom. The first-order valence-corrected chi connectivity index (χ1v) is 6.19. The zero-order chi connectivity index (χ0) is 13.0. The number of rotatable bonds is 4. The normalized spacial score (nSPS) is 11.7. The van der Waals surface area contributed by atoms with Crippen LogP contribution in [0.1, 0.15) is 32.3 Å². The average molecular weight is 244 g/mol. The zero-order valence-electron chi connectivity index (χ0n) is 11.2. The van der Waals surface area contributed by atoms with Crippen LogP contribution < -0.4 is 5.32 Å².